The third kappa shape index (κ3) is 3.94. The minimum Gasteiger partial charge on any atom is -0.477 e. The van der Waals surface area contributed by atoms with E-state index < -0.39 is 17.8 Å². The second-order valence-electron chi connectivity index (χ2n) is 5.50. The quantitative estimate of drug-likeness (QED) is 0.842. The number of thiazole rings is 1. The van der Waals surface area contributed by atoms with Gasteiger partial charge in [0.25, 0.3) is 0 Å². The van der Waals surface area contributed by atoms with Crippen LogP contribution in [0.5, 0.6) is 5.75 Å². The summed E-state index contributed by atoms with van der Waals surface area (Å²) in [6, 6.07) is 2.13. The second kappa shape index (κ2) is 7.16. The maximum Gasteiger partial charge on any atom is 0.347 e. The van der Waals surface area contributed by atoms with E-state index in [4.69, 9.17) is 14.6 Å². The molecule has 1 atom stereocenters. The molecule has 7 nitrogen and oxygen atoms in total. The van der Waals surface area contributed by atoms with Crippen LogP contribution in [0.4, 0.5) is 4.39 Å². The van der Waals surface area contributed by atoms with Crippen LogP contribution in [0.3, 0.4) is 0 Å². The molecule has 1 amide bonds. The van der Waals surface area contributed by atoms with Gasteiger partial charge in [-0.1, -0.05) is 0 Å². The van der Waals surface area contributed by atoms with Gasteiger partial charge >= 0.3 is 5.97 Å². The summed E-state index contributed by atoms with van der Waals surface area (Å²) in [6.07, 6.45) is 1.18. The molecule has 2 N–H and O–H groups in total. The van der Waals surface area contributed by atoms with Crippen molar-refractivity contribution in [2.75, 3.05) is 6.79 Å². The first-order valence-corrected chi connectivity index (χ1v) is 8.26. The van der Waals surface area contributed by atoms with Gasteiger partial charge in [0.15, 0.2) is 6.79 Å². The molecule has 0 spiro atoms. The first-order valence-electron chi connectivity index (χ1n) is 7.44. The van der Waals surface area contributed by atoms with Crippen molar-refractivity contribution in [3.8, 4) is 5.75 Å². The van der Waals surface area contributed by atoms with E-state index in [1.165, 1.54) is 18.3 Å². The van der Waals surface area contributed by atoms with Gasteiger partial charge in [0.1, 0.15) is 21.5 Å². The summed E-state index contributed by atoms with van der Waals surface area (Å²) in [5, 5.41) is 12.1. The number of aromatic nitrogens is 1. The SMILES string of the molecule is CC(NC(=O)Cc1cc(F)cc2c1OCOC2)c1ncc(C(=O)O)s1. The van der Waals surface area contributed by atoms with E-state index in [9.17, 15) is 14.0 Å². The number of benzene rings is 1. The molecule has 1 unspecified atom stereocenters. The monoisotopic (exact) mass is 366 g/mol. The van der Waals surface area contributed by atoms with Gasteiger partial charge in [-0.25, -0.2) is 14.2 Å². The highest BCUT2D eigenvalue weighted by Gasteiger charge is 2.21. The van der Waals surface area contributed by atoms with Crippen molar-refractivity contribution in [1.29, 1.82) is 0 Å². The summed E-state index contributed by atoms with van der Waals surface area (Å²) in [5.74, 6) is -1.40. The lowest BCUT2D eigenvalue weighted by molar-refractivity contribution is -0.121. The number of hydrogen-bond acceptors (Lipinski definition) is 6. The molecule has 0 saturated heterocycles. The van der Waals surface area contributed by atoms with Crippen molar-refractivity contribution in [3.05, 3.63) is 45.2 Å². The Labute approximate surface area is 146 Å². The van der Waals surface area contributed by atoms with Crippen LogP contribution < -0.4 is 10.1 Å². The largest absolute Gasteiger partial charge is 0.477 e. The van der Waals surface area contributed by atoms with Crippen LogP contribution in [0.25, 0.3) is 0 Å². The van der Waals surface area contributed by atoms with E-state index in [1.807, 2.05) is 0 Å². The Morgan fingerprint density at radius 2 is 2.28 bits per heavy atom. The van der Waals surface area contributed by atoms with Crippen molar-refractivity contribution in [3.63, 3.8) is 0 Å². The molecule has 0 saturated carbocycles. The Balaban J connectivity index is 1.70. The summed E-state index contributed by atoms with van der Waals surface area (Å²) < 4.78 is 24.2. The number of ether oxygens (including phenoxy) is 2. The summed E-state index contributed by atoms with van der Waals surface area (Å²) >= 11 is 0.996. The summed E-state index contributed by atoms with van der Waals surface area (Å²) in [7, 11) is 0. The number of nitrogens with one attached hydrogen (secondary N) is 1. The predicted molar refractivity (Wildman–Crippen MR) is 86.0 cm³/mol. The van der Waals surface area contributed by atoms with Crippen LogP contribution >= 0.6 is 11.3 Å². The van der Waals surface area contributed by atoms with E-state index >= 15 is 0 Å². The minimum atomic E-state index is -1.06. The van der Waals surface area contributed by atoms with E-state index in [0.717, 1.165) is 11.3 Å². The number of amides is 1. The van der Waals surface area contributed by atoms with Gasteiger partial charge in [-0.2, -0.15) is 0 Å². The Kier molecular flexibility index (Phi) is 4.95. The van der Waals surface area contributed by atoms with Crippen LogP contribution in [-0.2, 0) is 22.6 Å². The Morgan fingerprint density at radius 3 is 3.00 bits per heavy atom. The number of hydrogen-bond donors (Lipinski definition) is 2. The van der Waals surface area contributed by atoms with Gasteiger partial charge in [0.2, 0.25) is 5.91 Å². The molecule has 9 heteroatoms. The molecule has 0 radical (unpaired) electrons. The highest BCUT2D eigenvalue weighted by Crippen LogP contribution is 2.30. The zero-order valence-electron chi connectivity index (χ0n) is 13.2. The number of nitrogens with zero attached hydrogens (tertiary/aromatic N) is 1. The number of fused-ring (bicyclic) bond motifs is 1. The fourth-order valence-electron chi connectivity index (χ4n) is 2.50. The lowest BCUT2D eigenvalue weighted by Gasteiger charge is -2.21. The molecule has 0 bridgehead atoms. The van der Waals surface area contributed by atoms with Crippen molar-refractivity contribution < 1.29 is 28.6 Å². The Hall–Kier alpha value is -2.52. The first kappa shape index (κ1) is 17.3. The average molecular weight is 366 g/mol. The molecule has 1 aliphatic heterocycles. The molecule has 0 aliphatic carbocycles. The van der Waals surface area contributed by atoms with Gasteiger partial charge in [-0.05, 0) is 19.1 Å². The molecule has 1 aliphatic rings. The number of halogens is 1. The summed E-state index contributed by atoms with van der Waals surface area (Å²) in [4.78, 5) is 27.3. The first-order chi connectivity index (χ1) is 11.9. The zero-order chi connectivity index (χ0) is 18.0. The zero-order valence-corrected chi connectivity index (χ0v) is 14.1. The molecule has 2 heterocycles. The Morgan fingerprint density at radius 1 is 1.48 bits per heavy atom. The number of carboxylic acids is 1. The highest BCUT2D eigenvalue weighted by atomic mass is 32.1. The normalized spacial score (nSPS) is 14.3. The highest BCUT2D eigenvalue weighted by molar-refractivity contribution is 7.13. The average Bonchev–Trinajstić information content (AvgIpc) is 3.05. The van der Waals surface area contributed by atoms with E-state index in [-0.39, 0.29) is 30.6 Å². The second-order valence-corrected chi connectivity index (χ2v) is 6.56. The van der Waals surface area contributed by atoms with E-state index in [0.29, 0.717) is 21.9 Å². The molecule has 2 aromatic rings. The topological polar surface area (TPSA) is 97.8 Å². The fraction of sp³-hybridized carbons (Fsp3) is 0.312. The summed E-state index contributed by atoms with van der Waals surface area (Å²) in [6.45, 7) is 1.99. The van der Waals surface area contributed by atoms with Gasteiger partial charge < -0.3 is 19.9 Å². The molecular weight excluding hydrogens is 351 g/mol. The molecule has 1 aromatic carbocycles. The lowest BCUT2D eigenvalue weighted by Crippen LogP contribution is -2.28. The van der Waals surface area contributed by atoms with E-state index in [2.05, 4.69) is 10.3 Å². The molecule has 0 fully saturated rings. The predicted octanol–water partition coefficient (Wildman–Crippen LogP) is 2.27. The molecule has 1 aromatic heterocycles. The molecule has 3 rings (SSSR count). The van der Waals surface area contributed by atoms with Gasteiger partial charge in [0, 0.05) is 11.1 Å². The molecular formula is C16H15FN2O5S. The van der Waals surface area contributed by atoms with Crippen molar-refractivity contribution in [1.82, 2.24) is 10.3 Å². The Bertz CT molecular complexity index is 823. The van der Waals surface area contributed by atoms with Crippen molar-refractivity contribution >= 4 is 23.2 Å². The number of rotatable bonds is 5. The van der Waals surface area contributed by atoms with Crippen LogP contribution in [0.1, 0.15) is 38.8 Å². The smallest absolute Gasteiger partial charge is 0.347 e. The number of carboxylic acid groups (broad SMARTS) is 1. The van der Waals surface area contributed by atoms with Crippen LogP contribution in [-0.4, -0.2) is 28.8 Å². The van der Waals surface area contributed by atoms with Crippen LogP contribution in [0.2, 0.25) is 0 Å². The maximum atomic E-state index is 13.7. The third-order valence-corrected chi connectivity index (χ3v) is 4.75. The van der Waals surface area contributed by atoms with Gasteiger partial charge in [0.05, 0.1) is 25.3 Å². The molecule has 132 valence electrons. The van der Waals surface area contributed by atoms with Gasteiger partial charge in [-0.3, -0.25) is 4.79 Å². The van der Waals surface area contributed by atoms with E-state index in [1.54, 1.807) is 6.92 Å². The minimum absolute atomic E-state index is 0.0563. The number of carbonyl (C=O) groups excluding carboxylic acids is 1. The number of carbonyl (C=O) groups is 2. The number of aromatic carboxylic acids is 1. The molecule has 25 heavy (non-hydrogen) atoms. The lowest BCUT2D eigenvalue weighted by atomic mass is 10.0. The van der Waals surface area contributed by atoms with Crippen molar-refractivity contribution in [2.24, 2.45) is 0 Å². The van der Waals surface area contributed by atoms with Crippen LogP contribution in [0.15, 0.2) is 18.3 Å². The van der Waals surface area contributed by atoms with Gasteiger partial charge in [-0.15, -0.1) is 11.3 Å². The standard InChI is InChI=1S/C16H15FN2O5S/c1-8(15-18-5-12(25-15)16(21)22)19-13(20)4-9-2-11(17)3-10-6-23-7-24-14(9)10/h2-3,5,8H,4,6-7H2,1H3,(H,19,20)(H,21,22). The maximum absolute atomic E-state index is 13.7. The third-order valence-electron chi connectivity index (χ3n) is 3.58. The fourth-order valence-corrected chi connectivity index (χ4v) is 3.26. The van der Waals surface area contributed by atoms with Crippen molar-refractivity contribution in [2.45, 2.75) is 26.0 Å². The van der Waals surface area contributed by atoms with Crippen LogP contribution in [0, 0.1) is 5.82 Å². The summed E-state index contributed by atoms with van der Waals surface area (Å²) in [5.41, 5.74) is 1.00.